The van der Waals surface area contributed by atoms with Crippen molar-refractivity contribution >= 4 is 0 Å². The van der Waals surface area contributed by atoms with Crippen LogP contribution < -0.4 is 0 Å². The fraction of sp³-hybridized carbons (Fsp3) is 0.600. The summed E-state index contributed by atoms with van der Waals surface area (Å²) in [6.07, 6.45) is 10.8. The number of rotatable bonds is 4. The molecule has 0 saturated heterocycles. The molecule has 5 heteroatoms. The lowest BCUT2D eigenvalue weighted by molar-refractivity contribution is 0.166. The summed E-state index contributed by atoms with van der Waals surface area (Å²) in [5.41, 5.74) is 2.39. The van der Waals surface area contributed by atoms with E-state index in [9.17, 15) is 5.11 Å². The average molecular weight is 274 g/mol. The van der Waals surface area contributed by atoms with Crippen molar-refractivity contribution in [3.8, 4) is 0 Å². The summed E-state index contributed by atoms with van der Waals surface area (Å²) in [6, 6.07) is 0. The van der Waals surface area contributed by atoms with Crippen LogP contribution in [-0.4, -0.2) is 24.4 Å². The number of aliphatic hydroxyl groups excluding tert-OH is 1. The molecule has 20 heavy (non-hydrogen) atoms. The zero-order valence-corrected chi connectivity index (χ0v) is 12.0. The van der Waals surface area contributed by atoms with E-state index in [4.69, 9.17) is 0 Å². The van der Waals surface area contributed by atoms with Crippen molar-refractivity contribution in [2.45, 2.75) is 58.2 Å². The highest BCUT2D eigenvalue weighted by atomic mass is 16.3. The number of aliphatic hydroxyl groups is 1. The summed E-state index contributed by atoms with van der Waals surface area (Å²) in [6.45, 7) is 3.76. The van der Waals surface area contributed by atoms with Crippen LogP contribution in [0.2, 0.25) is 0 Å². The van der Waals surface area contributed by atoms with Crippen LogP contribution in [0.4, 0.5) is 0 Å². The number of fused-ring (bicyclic) bond motifs is 1. The molecule has 0 bridgehead atoms. The molecule has 0 aromatic carbocycles. The van der Waals surface area contributed by atoms with Crippen LogP contribution in [0, 0.1) is 0 Å². The summed E-state index contributed by atoms with van der Waals surface area (Å²) in [7, 11) is 0. The Kier molecular flexibility index (Phi) is 3.87. The van der Waals surface area contributed by atoms with Crippen molar-refractivity contribution in [3.05, 3.63) is 35.7 Å². The second-order valence-corrected chi connectivity index (χ2v) is 5.57. The molecule has 0 spiro atoms. The monoisotopic (exact) mass is 274 g/mol. The van der Waals surface area contributed by atoms with Crippen molar-refractivity contribution in [3.63, 3.8) is 0 Å². The summed E-state index contributed by atoms with van der Waals surface area (Å²) in [4.78, 5) is 4.34. The van der Waals surface area contributed by atoms with E-state index >= 15 is 0 Å². The molecule has 1 atom stereocenters. The van der Waals surface area contributed by atoms with Gasteiger partial charge < -0.3 is 9.67 Å². The number of nitrogens with zero attached hydrogens (tertiary/aromatic N) is 4. The Labute approximate surface area is 119 Å². The number of aryl methyl sites for hydroxylation is 2. The minimum absolute atomic E-state index is 0.303. The summed E-state index contributed by atoms with van der Waals surface area (Å²) in [5.74, 6) is 0.978. The SMILES string of the molecule is CCCn1ncnc1Cn1cc2c(c1)C(O)CCCC2. The second kappa shape index (κ2) is 5.79. The lowest BCUT2D eigenvalue weighted by atomic mass is 10.1. The maximum Gasteiger partial charge on any atom is 0.146 e. The molecule has 0 saturated carbocycles. The van der Waals surface area contributed by atoms with Crippen LogP contribution in [0.3, 0.4) is 0 Å². The molecule has 1 N–H and O–H groups in total. The van der Waals surface area contributed by atoms with Crippen molar-refractivity contribution in [1.82, 2.24) is 19.3 Å². The van der Waals surface area contributed by atoms with Crippen molar-refractivity contribution < 1.29 is 5.11 Å². The summed E-state index contributed by atoms with van der Waals surface area (Å²) in [5, 5.41) is 14.4. The van der Waals surface area contributed by atoms with E-state index in [2.05, 4.69) is 34.0 Å². The highest BCUT2D eigenvalue weighted by Gasteiger charge is 2.18. The van der Waals surface area contributed by atoms with Crippen LogP contribution in [-0.2, 0) is 19.5 Å². The Bertz CT molecular complexity index is 572. The van der Waals surface area contributed by atoms with Gasteiger partial charge in [-0.1, -0.05) is 13.3 Å². The first-order valence-corrected chi connectivity index (χ1v) is 7.51. The van der Waals surface area contributed by atoms with Gasteiger partial charge in [-0.05, 0) is 31.2 Å². The van der Waals surface area contributed by atoms with Crippen LogP contribution in [0.15, 0.2) is 18.7 Å². The first-order valence-electron chi connectivity index (χ1n) is 7.51. The molecule has 0 amide bonds. The van der Waals surface area contributed by atoms with Crippen LogP contribution >= 0.6 is 0 Å². The first kappa shape index (κ1) is 13.4. The van der Waals surface area contributed by atoms with Gasteiger partial charge in [-0.2, -0.15) is 5.10 Å². The Hall–Kier alpha value is -1.62. The first-order chi connectivity index (χ1) is 9.78. The molecule has 1 unspecified atom stereocenters. The van der Waals surface area contributed by atoms with E-state index in [-0.39, 0.29) is 6.10 Å². The van der Waals surface area contributed by atoms with E-state index in [0.29, 0.717) is 0 Å². The molecule has 2 aromatic rings. The smallest absolute Gasteiger partial charge is 0.146 e. The third-order valence-corrected chi connectivity index (χ3v) is 3.99. The fourth-order valence-corrected chi connectivity index (χ4v) is 2.95. The quantitative estimate of drug-likeness (QED) is 0.870. The molecule has 5 nitrogen and oxygen atoms in total. The van der Waals surface area contributed by atoms with E-state index in [1.807, 2.05) is 4.68 Å². The molecule has 0 fully saturated rings. The van der Waals surface area contributed by atoms with Gasteiger partial charge in [0.2, 0.25) is 0 Å². The zero-order chi connectivity index (χ0) is 13.9. The third kappa shape index (κ3) is 2.63. The van der Waals surface area contributed by atoms with Crippen LogP contribution in [0.1, 0.15) is 55.7 Å². The highest BCUT2D eigenvalue weighted by molar-refractivity contribution is 5.28. The van der Waals surface area contributed by atoms with E-state index < -0.39 is 0 Å². The average Bonchev–Trinajstić information content (AvgIpc) is 2.99. The molecule has 1 aliphatic carbocycles. The van der Waals surface area contributed by atoms with Gasteiger partial charge in [0.1, 0.15) is 12.2 Å². The largest absolute Gasteiger partial charge is 0.388 e. The third-order valence-electron chi connectivity index (χ3n) is 3.99. The number of hydrogen-bond donors (Lipinski definition) is 1. The van der Waals surface area contributed by atoms with Gasteiger partial charge in [-0.15, -0.1) is 0 Å². The van der Waals surface area contributed by atoms with Gasteiger partial charge in [-0.25, -0.2) is 9.67 Å². The Morgan fingerprint density at radius 3 is 3.10 bits per heavy atom. The van der Waals surface area contributed by atoms with Crippen LogP contribution in [0.25, 0.3) is 0 Å². The topological polar surface area (TPSA) is 55.9 Å². The molecule has 0 radical (unpaired) electrons. The second-order valence-electron chi connectivity index (χ2n) is 5.57. The predicted molar refractivity (Wildman–Crippen MR) is 76.4 cm³/mol. The molecule has 2 aromatic heterocycles. The van der Waals surface area contributed by atoms with E-state index in [0.717, 1.165) is 50.2 Å². The predicted octanol–water partition coefficient (Wildman–Crippen LogP) is 2.30. The molecular formula is C15H22N4O. The standard InChI is InChI=1S/C15H22N4O/c1-2-7-19-15(16-11-17-19)10-18-8-12-5-3-4-6-14(20)13(12)9-18/h8-9,11,14,20H,2-7,10H2,1H3. The summed E-state index contributed by atoms with van der Waals surface area (Å²) >= 11 is 0. The van der Waals surface area contributed by atoms with E-state index in [1.165, 1.54) is 12.0 Å². The van der Waals surface area contributed by atoms with Gasteiger partial charge in [0.25, 0.3) is 0 Å². The number of aromatic nitrogens is 4. The molecule has 3 rings (SSSR count). The minimum Gasteiger partial charge on any atom is -0.388 e. The van der Waals surface area contributed by atoms with Crippen molar-refractivity contribution in [1.29, 1.82) is 0 Å². The molecule has 108 valence electrons. The Morgan fingerprint density at radius 1 is 1.35 bits per heavy atom. The molecule has 0 aliphatic heterocycles. The number of hydrogen-bond acceptors (Lipinski definition) is 3. The van der Waals surface area contributed by atoms with Gasteiger partial charge in [0.05, 0.1) is 12.6 Å². The maximum absolute atomic E-state index is 10.2. The zero-order valence-electron chi connectivity index (χ0n) is 12.0. The van der Waals surface area contributed by atoms with Crippen molar-refractivity contribution in [2.75, 3.05) is 0 Å². The summed E-state index contributed by atoms with van der Waals surface area (Å²) < 4.78 is 4.09. The normalized spacial score (nSPS) is 18.8. The van der Waals surface area contributed by atoms with Crippen LogP contribution in [0.5, 0.6) is 0 Å². The fourth-order valence-electron chi connectivity index (χ4n) is 2.95. The Balaban J connectivity index is 1.81. The molecule has 2 heterocycles. The van der Waals surface area contributed by atoms with Gasteiger partial charge in [0, 0.05) is 24.5 Å². The van der Waals surface area contributed by atoms with E-state index in [1.54, 1.807) is 6.33 Å². The van der Waals surface area contributed by atoms with Gasteiger partial charge >= 0.3 is 0 Å². The lowest BCUT2D eigenvalue weighted by Gasteiger charge is -2.07. The molecular weight excluding hydrogens is 252 g/mol. The highest BCUT2D eigenvalue weighted by Crippen LogP contribution is 2.29. The molecule has 1 aliphatic rings. The Morgan fingerprint density at radius 2 is 2.25 bits per heavy atom. The van der Waals surface area contributed by atoms with Gasteiger partial charge in [-0.3, -0.25) is 0 Å². The minimum atomic E-state index is -0.303. The van der Waals surface area contributed by atoms with Gasteiger partial charge in [0.15, 0.2) is 0 Å². The van der Waals surface area contributed by atoms with Crippen molar-refractivity contribution in [2.24, 2.45) is 0 Å². The maximum atomic E-state index is 10.2. The lowest BCUT2D eigenvalue weighted by Crippen LogP contribution is -2.09.